The zero-order valence-electron chi connectivity index (χ0n) is 9.51. The average molecular weight is 328 g/mol. The Kier molecular flexibility index (Phi) is 4.11. The summed E-state index contributed by atoms with van der Waals surface area (Å²) in [4.78, 5) is 15.8. The summed E-state index contributed by atoms with van der Waals surface area (Å²) in [5.41, 5.74) is 1.86. The lowest BCUT2D eigenvalue weighted by molar-refractivity contribution is 0.0692. The highest BCUT2D eigenvalue weighted by atomic mass is 79.9. The van der Waals surface area contributed by atoms with Crippen molar-refractivity contribution in [3.63, 3.8) is 0 Å². The molecule has 0 fully saturated rings. The van der Waals surface area contributed by atoms with Gasteiger partial charge in [-0.3, -0.25) is 0 Å². The van der Waals surface area contributed by atoms with Crippen molar-refractivity contribution in [3.8, 4) is 10.4 Å². The second-order valence-corrected chi connectivity index (χ2v) is 5.81. The van der Waals surface area contributed by atoms with Crippen molar-refractivity contribution in [2.24, 2.45) is 0 Å². The van der Waals surface area contributed by atoms with Gasteiger partial charge in [0.15, 0.2) is 9.61 Å². The number of hydrogen-bond donors (Lipinski definition) is 1. The van der Waals surface area contributed by atoms with Gasteiger partial charge in [-0.1, -0.05) is 24.3 Å². The monoisotopic (exact) mass is 327 g/mol. The molecule has 1 N–H and O–H groups in total. The number of carboxylic acid groups (broad SMARTS) is 1. The van der Waals surface area contributed by atoms with E-state index in [-0.39, 0.29) is 5.69 Å². The molecule has 0 aliphatic heterocycles. The standard InChI is InChI=1S/C12H10BrNO3S/c1-17-6-7-4-2-3-5-8(7)10-9(11(15)16)14-12(13)18-10/h2-5H,6H2,1H3,(H,15,16). The fourth-order valence-electron chi connectivity index (χ4n) is 1.64. The van der Waals surface area contributed by atoms with Gasteiger partial charge in [-0.2, -0.15) is 0 Å². The van der Waals surface area contributed by atoms with Crippen LogP contribution in [0.5, 0.6) is 0 Å². The van der Waals surface area contributed by atoms with Gasteiger partial charge in [0.05, 0.1) is 11.5 Å². The van der Waals surface area contributed by atoms with E-state index >= 15 is 0 Å². The lowest BCUT2D eigenvalue weighted by atomic mass is 10.1. The highest BCUT2D eigenvalue weighted by Gasteiger charge is 2.19. The van der Waals surface area contributed by atoms with E-state index in [1.807, 2.05) is 24.3 Å². The van der Waals surface area contributed by atoms with E-state index in [4.69, 9.17) is 9.84 Å². The van der Waals surface area contributed by atoms with Crippen molar-refractivity contribution in [2.45, 2.75) is 6.61 Å². The van der Waals surface area contributed by atoms with Gasteiger partial charge in [0, 0.05) is 7.11 Å². The third kappa shape index (κ3) is 2.60. The van der Waals surface area contributed by atoms with Crippen molar-refractivity contribution in [3.05, 3.63) is 39.4 Å². The van der Waals surface area contributed by atoms with Crippen LogP contribution in [0.2, 0.25) is 0 Å². The van der Waals surface area contributed by atoms with E-state index < -0.39 is 5.97 Å². The molecule has 2 rings (SSSR count). The number of hydrogen-bond acceptors (Lipinski definition) is 4. The molecule has 1 aromatic carbocycles. The number of aromatic nitrogens is 1. The minimum Gasteiger partial charge on any atom is -0.476 e. The van der Waals surface area contributed by atoms with E-state index in [0.29, 0.717) is 15.4 Å². The maximum absolute atomic E-state index is 11.2. The molecule has 0 spiro atoms. The minimum atomic E-state index is -1.03. The molecule has 0 aliphatic rings. The Morgan fingerprint density at radius 3 is 2.89 bits per heavy atom. The van der Waals surface area contributed by atoms with Gasteiger partial charge < -0.3 is 9.84 Å². The van der Waals surface area contributed by atoms with Crippen LogP contribution in [0.1, 0.15) is 16.1 Å². The predicted octanol–water partition coefficient (Wildman–Crippen LogP) is 3.42. The summed E-state index contributed by atoms with van der Waals surface area (Å²) >= 11 is 4.53. The topological polar surface area (TPSA) is 59.4 Å². The van der Waals surface area contributed by atoms with Crippen molar-refractivity contribution >= 4 is 33.2 Å². The Morgan fingerprint density at radius 2 is 2.22 bits per heavy atom. The van der Waals surface area contributed by atoms with Gasteiger partial charge in [-0.05, 0) is 27.1 Å². The highest BCUT2D eigenvalue weighted by Crippen LogP contribution is 2.35. The largest absolute Gasteiger partial charge is 0.476 e. The molecule has 0 aliphatic carbocycles. The molecule has 0 atom stereocenters. The fourth-order valence-corrected chi connectivity index (χ4v) is 3.15. The Bertz CT molecular complexity index is 582. The zero-order valence-corrected chi connectivity index (χ0v) is 11.9. The van der Waals surface area contributed by atoms with Crippen LogP contribution in [0.3, 0.4) is 0 Å². The predicted molar refractivity (Wildman–Crippen MR) is 72.9 cm³/mol. The second kappa shape index (κ2) is 5.60. The normalized spacial score (nSPS) is 10.6. The second-order valence-electron chi connectivity index (χ2n) is 3.54. The molecule has 0 unspecified atom stereocenters. The molecule has 0 bridgehead atoms. The first-order valence-corrected chi connectivity index (χ1v) is 6.71. The van der Waals surface area contributed by atoms with Crippen molar-refractivity contribution in [1.82, 2.24) is 4.98 Å². The number of methoxy groups -OCH3 is 1. The average Bonchev–Trinajstić information content (AvgIpc) is 2.72. The molecule has 94 valence electrons. The molecule has 1 aromatic heterocycles. The summed E-state index contributed by atoms with van der Waals surface area (Å²) in [6.45, 7) is 0.435. The first kappa shape index (κ1) is 13.2. The summed E-state index contributed by atoms with van der Waals surface area (Å²) in [7, 11) is 1.61. The van der Waals surface area contributed by atoms with Gasteiger partial charge in [-0.15, -0.1) is 11.3 Å². The smallest absolute Gasteiger partial charge is 0.356 e. The number of aromatic carboxylic acids is 1. The van der Waals surface area contributed by atoms with Crippen molar-refractivity contribution in [1.29, 1.82) is 0 Å². The van der Waals surface area contributed by atoms with Crippen molar-refractivity contribution < 1.29 is 14.6 Å². The molecule has 4 nitrogen and oxygen atoms in total. The van der Waals surface area contributed by atoms with Gasteiger partial charge in [0.2, 0.25) is 0 Å². The minimum absolute atomic E-state index is 0.0652. The van der Waals surface area contributed by atoms with Crippen LogP contribution >= 0.6 is 27.3 Å². The van der Waals surface area contributed by atoms with E-state index in [1.165, 1.54) is 11.3 Å². The third-order valence-electron chi connectivity index (χ3n) is 2.37. The number of rotatable bonds is 4. The number of ether oxygens (including phenoxy) is 1. The molecular formula is C12H10BrNO3S. The SMILES string of the molecule is COCc1ccccc1-c1sc(Br)nc1C(=O)O. The maximum Gasteiger partial charge on any atom is 0.356 e. The van der Waals surface area contributed by atoms with E-state index in [2.05, 4.69) is 20.9 Å². The van der Waals surface area contributed by atoms with Gasteiger partial charge in [-0.25, -0.2) is 9.78 Å². The molecule has 0 radical (unpaired) electrons. The summed E-state index contributed by atoms with van der Waals surface area (Å²) in [5.74, 6) is -1.03. The highest BCUT2D eigenvalue weighted by molar-refractivity contribution is 9.11. The number of halogens is 1. The molecule has 0 saturated heterocycles. The number of nitrogens with zero attached hydrogens (tertiary/aromatic N) is 1. The number of carbonyl (C=O) groups is 1. The van der Waals surface area contributed by atoms with Gasteiger partial charge in [0.1, 0.15) is 0 Å². The fraction of sp³-hybridized carbons (Fsp3) is 0.167. The summed E-state index contributed by atoms with van der Waals surface area (Å²) in [6.07, 6.45) is 0. The number of thiazole rings is 1. The van der Waals surface area contributed by atoms with Crippen molar-refractivity contribution in [2.75, 3.05) is 7.11 Å². The summed E-state index contributed by atoms with van der Waals surface area (Å²) in [5, 5.41) is 9.15. The number of benzene rings is 1. The van der Waals surface area contributed by atoms with E-state index in [1.54, 1.807) is 7.11 Å². The first-order chi connectivity index (χ1) is 8.63. The van der Waals surface area contributed by atoms with Crippen LogP contribution in [0.15, 0.2) is 28.2 Å². The van der Waals surface area contributed by atoms with E-state index in [9.17, 15) is 4.79 Å². The first-order valence-electron chi connectivity index (χ1n) is 5.10. The Labute approximate surface area is 116 Å². The van der Waals surface area contributed by atoms with Crippen LogP contribution in [0.25, 0.3) is 10.4 Å². The van der Waals surface area contributed by atoms with Crippen LogP contribution < -0.4 is 0 Å². The lowest BCUT2D eigenvalue weighted by Gasteiger charge is -2.07. The van der Waals surface area contributed by atoms with Gasteiger partial charge in [0.25, 0.3) is 0 Å². The Hall–Kier alpha value is -1.24. The molecule has 0 saturated carbocycles. The molecule has 6 heteroatoms. The van der Waals surface area contributed by atoms with Crippen LogP contribution in [0, 0.1) is 0 Å². The summed E-state index contributed by atoms with van der Waals surface area (Å²) < 4.78 is 5.68. The molecular weight excluding hydrogens is 318 g/mol. The maximum atomic E-state index is 11.2. The Morgan fingerprint density at radius 1 is 1.50 bits per heavy atom. The third-order valence-corrected chi connectivity index (χ3v) is 3.91. The number of carboxylic acids is 1. The zero-order chi connectivity index (χ0) is 13.1. The quantitative estimate of drug-likeness (QED) is 0.934. The van der Waals surface area contributed by atoms with Gasteiger partial charge >= 0.3 is 5.97 Å². The van der Waals surface area contributed by atoms with Crippen LogP contribution in [-0.2, 0) is 11.3 Å². The van der Waals surface area contributed by atoms with E-state index in [0.717, 1.165) is 11.1 Å². The molecule has 1 heterocycles. The van der Waals surface area contributed by atoms with Crippen LogP contribution in [-0.4, -0.2) is 23.2 Å². The summed E-state index contributed by atoms with van der Waals surface area (Å²) in [6, 6.07) is 7.56. The lowest BCUT2D eigenvalue weighted by Crippen LogP contribution is -2.00. The van der Waals surface area contributed by atoms with Crippen LogP contribution in [0.4, 0.5) is 0 Å². The molecule has 0 amide bonds. The Balaban J connectivity index is 2.58. The molecule has 2 aromatic rings. The molecule has 18 heavy (non-hydrogen) atoms.